The Morgan fingerprint density at radius 1 is 1.14 bits per heavy atom. The van der Waals surface area contributed by atoms with Gasteiger partial charge in [0.05, 0.1) is 10.0 Å². The minimum absolute atomic E-state index is 0.0443. The second-order valence-corrected chi connectivity index (χ2v) is 6.39. The molecule has 1 N–H and O–H groups in total. The van der Waals surface area contributed by atoms with E-state index in [0.717, 1.165) is 22.1 Å². The van der Waals surface area contributed by atoms with Crippen molar-refractivity contribution in [2.24, 2.45) is 0 Å². The van der Waals surface area contributed by atoms with E-state index >= 15 is 0 Å². The average Bonchev–Trinajstić information content (AvgIpc) is 2.45. The van der Waals surface area contributed by atoms with Gasteiger partial charge in [-0.05, 0) is 54.4 Å². The first-order chi connectivity index (χ1) is 10.0. The summed E-state index contributed by atoms with van der Waals surface area (Å²) >= 11 is 15.5. The number of benzene rings is 2. The second kappa shape index (κ2) is 7.59. The van der Waals surface area contributed by atoms with E-state index in [-0.39, 0.29) is 11.9 Å². The number of hydrogen-bond donors (Lipinski definition) is 1. The number of hydrogen-bond acceptors (Lipinski definition) is 1. The highest BCUT2D eigenvalue weighted by Gasteiger charge is 2.15. The zero-order valence-corrected chi connectivity index (χ0v) is 14.6. The lowest BCUT2D eigenvalue weighted by Gasteiger charge is -2.20. The Labute approximate surface area is 142 Å². The molecule has 1 nitrogen and oxygen atoms in total. The van der Waals surface area contributed by atoms with Crippen molar-refractivity contribution in [1.29, 1.82) is 0 Å². The summed E-state index contributed by atoms with van der Waals surface area (Å²) in [5.41, 5.74) is 1.94. The molecular formula is C16H15BrCl2FN. The maximum absolute atomic E-state index is 13.4. The van der Waals surface area contributed by atoms with Crippen molar-refractivity contribution >= 4 is 39.1 Å². The van der Waals surface area contributed by atoms with Crippen LogP contribution >= 0.6 is 39.1 Å². The molecule has 0 aromatic heterocycles. The fourth-order valence-corrected chi connectivity index (χ4v) is 2.92. The third-order valence-electron chi connectivity index (χ3n) is 3.23. The molecule has 0 aliphatic carbocycles. The van der Waals surface area contributed by atoms with E-state index in [1.165, 1.54) is 6.07 Å². The van der Waals surface area contributed by atoms with Crippen molar-refractivity contribution in [2.75, 3.05) is 6.54 Å². The van der Waals surface area contributed by atoms with E-state index in [1.54, 1.807) is 18.2 Å². The van der Waals surface area contributed by atoms with Crippen LogP contribution in [0.15, 0.2) is 40.9 Å². The maximum atomic E-state index is 13.4. The van der Waals surface area contributed by atoms with Crippen LogP contribution in [0, 0.1) is 5.82 Å². The van der Waals surface area contributed by atoms with Gasteiger partial charge in [-0.15, -0.1) is 0 Å². The van der Waals surface area contributed by atoms with Crippen molar-refractivity contribution in [3.63, 3.8) is 0 Å². The van der Waals surface area contributed by atoms with E-state index < -0.39 is 0 Å². The van der Waals surface area contributed by atoms with E-state index in [9.17, 15) is 4.39 Å². The van der Waals surface area contributed by atoms with Crippen molar-refractivity contribution < 1.29 is 4.39 Å². The fraction of sp³-hybridized carbons (Fsp3) is 0.250. The van der Waals surface area contributed by atoms with Crippen molar-refractivity contribution in [1.82, 2.24) is 5.32 Å². The van der Waals surface area contributed by atoms with Crippen LogP contribution in [-0.2, 0) is 6.42 Å². The average molecular weight is 391 g/mol. The molecule has 0 saturated carbocycles. The van der Waals surface area contributed by atoms with Gasteiger partial charge in [-0.3, -0.25) is 0 Å². The van der Waals surface area contributed by atoms with Crippen LogP contribution in [-0.4, -0.2) is 6.54 Å². The molecule has 0 amide bonds. The molecule has 0 heterocycles. The van der Waals surface area contributed by atoms with Crippen molar-refractivity contribution in [3.8, 4) is 0 Å². The highest BCUT2D eigenvalue weighted by Crippen LogP contribution is 2.29. The Morgan fingerprint density at radius 3 is 2.57 bits per heavy atom. The Bertz CT molecular complexity index is 634. The van der Waals surface area contributed by atoms with Gasteiger partial charge in [-0.1, -0.05) is 52.1 Å². The van der Waals surface area contributed by atoms with E-state index in [1.807, 2.05) is 19.1 Å². The summed E-state index contributed by atoms with van der Waals surface area (Å²) in [6.07, 6.45) is 0.657. The summed E-state index contributed by atoms with van der Waals surface area (Å²) in [6.45, 7) is 2.84. The standard InChI is InChI=1S/C16H15BrCl2FN/c1-2-21-16(10-3-6-14(18)15(19)8-10)9-11-7-12(20)4-5-13(11)17/h3-8,16,21H,2,9H2,1H3. The lowest BCUT2D eigenvalue weighted by Crippen LogP contribution is -2.23. The van der Waals surface area contributed by atoms with Crippen LogP contribution in [0.2, 0.25) is 10.0 Å². The van der Waals surface area contributed by atoms with Crippen LogP contribution in [0.25, 0.3) is 0 Å². The van der Waals surface area contributed by atoms with Crippen molar-refractivity contribution in [2.45, 2.75) is 19.4 Å². The molecule has 21 heavy (non-hydrogen) atoms. The summed E-state index contributed by atoms with van der Waals surface area (Å²) in [6, 6.07) is 10.3. The van der Waals surface area contributed by atoms with Gasteiger partial charge in [0.25, 0.3) is 0 Å². The summed E-state index contributed by atoms with van der Waals surface area (Å²) in [5, 5.41) is 4.45. The quantitative estimate of drug-likeness (QED) is 0.681. The van der Waals surface area contributed by atoms with Crippen molar-refractivity contribution in [3.05, 3.63) is 67.9 Å². The number of nitrogens with one attached hydrogen (secondary N) is 1. The van der Waals surface area contributed by atoms with E-state index in [0.29, 0.717) is 16.5 Å². The molecule has 1 unspecified atom stereocenters. The Kier molecular flexibility index (Phi) is 6.06. The van der Waals surface area contributed by atoms with Gasteiger partial charge >= 0.3 is 0 Å². The predicted molar refractivity (Wildman–Crippen MR) is 90.7 cm³/mol. The normalized spacial score (nSPS) is 12.4. The zero-order chi connectivity index (χ0) is 15.4. The van der Waals surface area contributed by atoms with Gasteiger partial charge in [-0.2, -0.15) is 0 Å². The molecule has 2 rings (SSSR count). The second-order valence-electron chi connectivity index (χ2n) is 4.72. The number of halogens is 4. The Balaban J connectivity index is 2.30. The summed E-state index contributed by atoms with van der Waals surface area (Å²) in [4.78, 5) is 0. The molecule has 0 aliphatic rings. The first kappa shape index (κ1) is 16.8. The van der Waals surface area contributed by atoms with Crippen LogP contribution < -0.4 is 5.32 Å². The first-order valence-corrected chi connectivity index (χ1v) is 8.18. The Morgan fingerprint density at radius 2 is 1.90 bits per heavy atom. The van der Waals surface area contributed by atoms with Crippen LogP contribution in [0.1, 0.15) is 24.1 Å². The van der Waals surface area contributed by atoms with E-state index in [2.05, 4.69) is 21.2 Å². The molecule has 1 atom stereocenters. The minimum Gasteiger partial charge on any atom is -0.310 e. The van der Waals surface area contributed by atoms with Crippen LogP contribution in [0.4, 0.5) is 4.39 Å². The zero-order valence-electron chi connectivity index (χ0n) is 11.5. The monoisotopic (exact) mass is 389 g/mol. The highest BCUT2D eigenvalue weighted by atomic mass is 79.9. The van der Waals surface area contributed by atoms with Gasteiger partial charge in [0.1, 0.15) is 5.82 Å². The lowest BCUT2D eigenvalue weighted by molar-refractivity contribution is 0.546. The molecule has 0 bridgehead atoms. The third-order valence-corrected chi connectivity index (χ3v) is 4.74. The van der Waals surface area contributed by atoms with Crippen LogP contribution in [0.5, 0.6) is 0 Å². The molecule has 0 radical (unpaired) electrons. The van der Waals surface area contributed by atoms with Gasteiger partial charge in [-0.25, -0.2) is 4.39 Å². The fourth-order valence-electron chi connectivity index (χ4n) is 2.20. The summed E-state index contributed by atoms with van der Waals surface area (Å²) in [7, 11) is 0. The van der Waals surface area contributed by atoms with E-state index in [4.69, 9.17) is 23.2 Å². The van der Waals surface area contributed by atoms with Gasteiger partial charge < -0.3 is 5.32 Å². The Hall–Kier alpha value is -0.610. The largest absolute Gasteiger partial charge is 0.310 e. The maximum Gasteiger partial charge on any atom is 0.123 e. The first-order valence-electron chi connectivity index (χ1n) is 6.63. The molecule has 112 valence electrons. The number of likely N-dealkylation sites (N-methyl/N-ethyl adjacent to an activating group) is 1. The molecule has 5 heteroatoms. The van der Waals surface area contributed by atoms with Crippen LogP contribution in [0.3, 0.4) is 0 Å². The molecule has 0 fully saturated rings. The topological polar surface area (TPSA) is 12.0 Å². The predicted octanol–water partition coefficient (Wildman–Crippen LogP) is 5.79. The summed E-state index contributed by atoms with van der Waals surface area (Å²) in [5.74, 6) is -0.238. The molecule has 2 aromatic carbocycles. The summed E-state index contributed by atoms with van der Waals surface area (Å²) < 4.78 is 14.3. The lowest BCUT2D eigenvalue weighted by atomic mass is 9.98. The molecule has 0 saturated heterocycles. The smallest absolute Gasteiger partial charge is 0.123 e. The highest BCUT2D eigenvalue weighted by molar-refractivity contribution is 9.10. The van der Waals surface area contributed by atoms with Gasteiger partial charge in [0.2, 0.25) is 0 Å². The minimum atomic E-state index is -0.238. The molecular weight excluding hydrogens is 376 g/mol. The number of rotatable bonds is 5. The SMILES string of the molecule is CCNC(Cc1cc(F)ccc1Br)c1ccc(Cl)c(Cl)c1. The third kappa shape index (κ3) is 4.43. The van der Waals surface area contributed by atoms with Gasteiger partial charge in [0.15, 0.2) is 0 Å². The molecule has 0 aliphatic heterocycles. The molecule has 2 aromatic rings. The van der Waals surface area contributed by atoms with Gasteiger partial charge in [0, 0.05) is 10.5 Å². The molecule has 0 spiro atoms.